The van der Waals surface area contributed by atoms with Gasteiger partial charge in [0.15, 0.2) is 5.78 Å². The van der Waals surface area contributed by atoms with E-state index >= 15 is 0 Å². The molecule has 0 aromatic rings. The van der Waals surface area contributed by atoms with Gasteiger partial charge in [0.05, 0.1) is 10.9 Å². The average molecular weight is 317 g/mol. The first-order valence-electron chi connectivity index (χ1n) is 6.16. The summed E-state index contributed by atoms with van der Waals surface area (Å²) >= 11 is 3.55. The molecule has 0 bridgehead atoms. The Morgan fingerprint density at radius 2 is 1.94 bits per heavy atom. The van der Waals surface area contributed by atoms with Gasteiger partial charge in [-0.25, -0.2) is 4.79 Å². The molecule has 2 unspecified atom stereocenters. The maximum Gasteiger partial charge on any atom is 0.330 e. The van der Waals surface area contributed by atoms with E-state index in [1.54, 1.807) is 13.0 Å². The van der Waals surface area contributed by atoms with Crippen LogP contribution >= 0.6 is 15.9 Å². The van der Waals surface area contributed by atoms with Gasteiger partial charge in [0.25, 0.3) is 0 Å². The number of halogens is 1. The van der Waals surface area contributed by atoms with Crippen molar-refractivity contribution in [2.24, 2.45) is 10.8 Å². The highest BCUT2D eigenvalue weighted by molar-refractivity contribution is 9.10. The maximum atomic E-state index is 12.3. The number of ether oxygens (including phenoxy) is 1. The minimum absolute atomic E-state index is 0.172. The van der Waals surface area contributed by atoms with Crippen molar-refractivity contribution in [2.75, 3.05) is 6.61 Å². The quantitative estimate of drug-likeness (QED) is 0.454. The summed E-state index contributed by atoms with van der Waals surface area (Å²) in [6.07, 6.45) is 3.91. The molecule has 0 aromatic carbocycles. The molecule has 0 radical (unpaired) electrons. The van der Waals surface area contributed by atoms with Crippen LogP contribution in [0.25, 0.3) is 0 Å². The van der Waals surface area contributed by atoms with Crippen LogP contribution in [0.1, 0.15) is 41.0 Å². The summed E-state index contributed by atoms with van der Waals surface area (Å²) < 4.78 is 4.29. The van der Waals surface area contributed by atoms with Crippen molar-refractivity contribution in [3.05, 3.63) is 12.2 Å². The molecule has 2 atom stereocenters. The topological polar surface area (TPSA) is 43.4 Å². The first kappa shape index (κ1) is 15.4. The monoisotopic (exact) mass is 316 g/mol. The highest BCUT2D eigenvalue weighted by atomic mass is 79.9. The number of rotatable bonds is 4. The molecular formula is C14H21BrO3. The molecule has 0 saturated heterocycles. The third-order valence-electron chi connectivity index (χ3n) is 3.31. The zero-order valence-electron chi connectivity index (χ0n) is 11.7. The van der Waals surface area contributed by atoms with Gasteiger partial charge in [-0.15, -0.1) is 0 Å². The third kappa shape index (κ3) is 2.85. The van der Waals surface area contributed by atoms with Crippen molar-refractivity contribution < 1.29 is 14.3 Å². The molecule has 18 heavy (non-hydrogen) atoms. The van der Waals surface area contributed by atoms with E-state index < -0.39 is 4.32 Å². The Hall–Kier alpha value is -0.640. The molecule has 3 nitrogen and oxygen atoms in total. The fourth-order valence-corrected chi connectivity index (χ4v) is 3.34. The van der Waals surface area contributed by atoms with Crippen LogP contribution in [0.2, 0.25) is 0 Å². The lowest BCUT2D eigenvalue weighted by Crippen LogP contribution is -2.33. The molecular weight excluding hydrogens is 296 g/mol. The van der Waals surface area contributed by atoms with Crippen molar-refractivity contribution in [1.82, 2.24) is 0 Å². The summed E-state index contributed by atoms with van der Waals surface area (Å²) in [7, 11) is 0. The maximum absolute atomic E-state index is 12.3. The predicted octanol–water partition coefficient (Wildman–Crippen LogP) is 3.26. The number of esters is 1. The molecule has 0 N–H and O–H groups in total. The molecule has 0 amide bonds. The molecule has 4 heteroatoms. The largest absolute Gasteiger partial charge is 0.463 e. The Labute approximate surface area is 117 Å². The van der Waals surface area contributed by atoms with Gasteiger partial charge < -0.3 is 4.74 Å². The molecule has 0 aromatic heterocycles. The highest BCUT2D eigenvalue weighted by Gasteiger charge is 2.67. The van der Waals surface area contributed by atoms with Crippen molar-refractivity contribution >= 4 is 27.7 Å². The van der Waals surface area contributed by atoms with E-state index in [4.69, 9.17) is 4.74 Å². The number of ketones is 1. The minimum Gasteiger partial charge on any atom is -0.463 e. The average Bonchev–Trinajstić information content (AvgIpc) is 2.79. The van der Waals surface area contributed by atoms with Crippen molar-refractivity contribution in [1.29, 1.82) is 0 Å². The summed E-state index contributed by atoms with van der Waals surface area (Å²) in [4.78, 5) is 23.6. The molecule has 102 valence electrons. The van der Waals surface area contributed by atoms with Crippen LogP contribution in [0.3, 0.4) is 0 Å². The van der Waals surface area contributed by atoms with Gasteiger partial charge in [0, 0.05) is 16.9 Å². The Kier molecular flexibility index (Phi) is 4.11. The van der Waals surface area contributed by atoms with E-state index in [2.05, 4.69) is 15.9 Å². The number of hydrogen-bond donors (Lipinski definition) is 0. The number of alkyl halides is 1. The van der Waals surface area contributed by atoms with Crippen LogP contribution in [0.5, 0.6) is 0 Å². The highest BCUT2D eigenvalue weighted by Crippen LogP contribution is 2.65. The van der Waals surface area contributed by atoms with Gasteiger partial charge in [-0.2, -0.15) is 0 Å². The summed E-state index contributed by atoms with van der Waals surface area (Å²) in [6.45, 7) is 9.83. The molecule has 1 fully saturated rings. The van der Waals surface area contributed by atoms with E-state index in [0.717, 1.165) is 0 Å². The van der Waals surface area contributed by atoms with Gasteiger partial charge in [-0.05, 0) is 13.3 Å². The molecule has 1 saturated carbocycles. The van der Waals surface area contributed by atoms with E-state index in [1.807, 2.05) is 27.7 Å². The zero-order chi connectivity index (χ0) is 14.2. The minimum atomic E-state index is -0.540. The summed E-state index contributed by atoms with van der Waals surface area (Å²) in [6, 6.07) is 0. The Bertz CT molecular complexity index is 394. The van der Waals surface area contributed by atoms with Crippen LogP contribution in [-0.2, 0) is 14.3 Å². The van der Waals surface area contributed by atoms with Crippen LogP contribution in [-0.4, -0.2) is 22.7 Å². The number of hydrogen-bond acceptors (Lipinski definition) is 3. The Morgan fingerprint density at radius 1 is 1.39 bits per heavy atom. The lowest BCUT2D eigenvalue weighted by molar-refractivity contribution is -0.137. The number of Topliss-reactive ketones (excluding diaryl/α,β-unsaturated/α-hetero) is 1. The fraction of sp³-hybridized carbons (Fsp3) is 0.714. The SMILES string of the molecule is CCOC(=O)/C=C/C1(C)CC1(Br)C(=O)C(C)(C)C. The second-order valence-electron chi connectivity index (χ2n) is 6.06. The lowest BCUT2D eigenvalue weighted by atomic mass is 9.85. The Balaban J connectivity index is 2.77. The molecule has 0 heterocycles. The number of allylic oxidation sites excluding steroid dienone is 1. The smallest absolute Gasteiger partial charge is 0.330 e. The summed E-state index contributed by atoms with van der Waals surface area (Å²) in [5.74, 6) is -0.185. The van der Waals surface area contributed by atoms with Gasteiger partial charge in [-0.1, -0.05) is 49.7 Å². The molecule has 0 aliphatic heterocycles. The first-order chi connectivity index (χ1) is 8.07. The van der Waals surface area contributed by atoms with Crippen LogP contribution < -0.4 is 0 Å². The third-order valence-corrected chi connectivity index (χ3v) is 4.85. The van der Waals surface area contributed by atoms with Gasteiger partial charge in [-0.3, -0.25) is 4.79 Å². The molecule has 1 rings (SSSR count). The lowest BCUT2D eigenvalue weighted by Gasteiger charge is -2.23. The standard InChI is InChI=1S/C14H21BrO3/c1-6-18-10(16)7-8-13(5)9-14(13,15)11(17)12(2,3)4/h7-8H,6,9H2,1-5H3/b8-7+. The van der Waals surface area contributed by atoms with Gasteiger partial charge in [0.1, 0.15) is 0 Å². The number of carbonyl (C=O) groups is 2. The van der Waals surface area contributed by atoms with Gasteiger partial charge in [0.2, 0.25) is 0 Å². The molecule has 1 aliphatic carbocycles. The normalized spacial score (nSPS) is 31.4. The van der Waals surface area contributed by atoms with E-state index in [-0.39, 0.29) is 22.6 Å². The summed E-state index contributed by atoms with van der Waals surface area (Å²) in [5, 5.41) is 0. The van der Waals surface area contributed by atoms with Crippen molar-refractivity contribution in [3.63, 3.8) is 0 Å². The molecule has 0 spiro atoms. The predicted molar refractivity (Wildman–Crippen MR) is 74.6 cm³/mol. The summed E-state index contributed by atoms with van der Waals surface area (Å²) in [5.41, 5.74) is -0.691. The second kappa shape index (κ2) is 4.80. The zero-order valence-corrected chi connectivity index (χ0v) is 13.3. The first-order valence-corrected chi connectivity index (χ1v) is 6.96. The number of carbonyl (C=O) groups excluding carboxylic acids is 2. The van der Waals surface area contributed by atoms with Crippen LogP contribution in [0.4, 0.5) is 0 Å². The van der Waals surface area contributed by atoms with Crippen molar-refractivity contribution in [2.45, 2.75) is 45.4 Å². The van der Waals surface area contributed by atoms with E-state index in [0.29, 0.717) is 13.0 Å². The fourth-order valence-electron chi connectivity index (χ4n) is 2.03. The van der Waals surface area contributed by atoms with Crippen LogP contribution in [0.15, 0.2) is 12.2 Å². The van der Waals surface area contributed by atoms with Gasteiger partial charge >= 0.3 is 5.97 Å². The molecule has 1 aliphatic rings. The Morgan fingerprint density at radius 3 is 2.39 bits per heavy atom. The van der Waals surface area contributed by atoms with Crippen LogP contribution in [0, 0.1) is 10.8 Å². The van der Waals surface area contributed by atoms with E-state index in [9.17, 15) is 9.59 Å². The van der Waals surface area contributed by atoms with Crippen molar-refractivity contribution in [3.8, 4) is 0 Å². The van der Waals surface area contributed by atoms with E-state index in [1.165, 1.54) is 6.08 Å². The second-order valence-corrected chi connectivity index (χ2v) is 7.41.